The number of ether oxygens (including phenoxy) is 1. The standard InChI is InChI=1S/C13H21N3O2/c1-15-8-6-14-12(15)10-11-4-3-7-16(11)13(17)5-9-18-2/h6,8,11H,3-5,7,9-10H2,1-2H3. The van der Waals surface area contributed by atoms with E-state index in [1.165, 1.54) is 0 Å². The van der Waals surface area contributed by atoms with Crippen LogP contribution in [0.2, 0.25) is 0 Å². The van der Waals surface area contributed by atoms with Crippen molar-refractivity contribution in [3.05, 3.63) is 18.2 Å². The van der Waals surface area contributed by atoms with Gasteiger partial charge in [-0.15, -0.1) is 0 Å². The van der Waals surface area contributed by atoms with E-state index < -0.39 is 0 Å². The van der Waals surface area contributed by atoms with Crippen molar-refractivity contribution in [3.63, 3.8) is 0 Å². The van der Waals surface area contributed by atoms with Gasteiger partial charge in [-0.3, -0.25) is 4.79 Å². The SMILES string of the molecule is COCCC(=O)N1CCCC1Cc1nccn1C. The predicted molar refractivity (Wildman–Crippen MR) is 68.1 cm³/mol. The number of nitrogens with zero attached hydrogens (tertiary/aromatic N) is 3. The molecule has 2 rings (SSSR count). The van der Waals surface area contributed by atoms with Gasteiger partial charge in [0.25, 0.3) is 0 Å². The number of amides is 1. The number of aromatic nitrogens is 2. The number of imidazole rings is 1. The van der Waals surface area contributed by atoms with Crippen molar-refractivity contribution in [1.82, 2.24) is 14.5 Å². The number of aryl methyl sites for hydroxylation is 1. The zero-order valence-electron chi connectivity index (χ0n) is 11.1. The molecule has 5 nitrogen and oxygen atoms in total. The van der Waals surface area contributed by atoms with E-state index in [4.69, 9.17) is 4.74 Å². The quantitative estimate of drug-likeness (QED) is 0.784. The second-order valence-corrected chi connectivity index (χ2v) is 4.78. The minimum absolute atomic E-state index is 0.202. The van der Waals surface area contributed by atoms with E-state index in [1.807, 2.05) is 22.7 Å². The Kier molecular flexibility index (Phi) is 4.36. The third kappa shape index (κ3) is 2.90. The van der Waals surface area contributed by atoms with Crippen LogP contribution in [0.25, 0.3) is 0 Å². The van der Waals surface area contributed by atoms with Crippen LogP contribution in [0.1, 0.15) is 25.1 Å². The Morgan fingerprint density at radius 2 is 2.44 bits per heavy atom. The highest BCUT2D eigenvalue weighted by Gasteiger charge is 2.29. The Hall–Kier alpha value is -1.36. The Morgan fingerprint density at radius 1 is 1.61 bits per heavy atom. The molecular weight excluding hydrogens is 230 g/mol. The summed E-state index contributed by atoms with van der Waals surface area (Å²) in [5.74, 6) is 1.25. The maximum absolute atomic E-state index is 12.0. The monoisotopic (exact) mass is 251 g/mol. The Balaban J connectivity index is 1.95. The summed E-state index contributed by atoms with van der Waals surface area (Å²) >= 11 is 0. The van der Waals surface area contributed by atoms with E-state index in [-0.39, 0.29) is 5.91 Å². The largest absolute Gasteiger partial charge is 0.384 e. The van der Waals surface area contributed by atoms with Gasteiger partial charge in [0.2, 0.25) is 5.91 Å². The Bertz CT molecular complexity index is 403. The van der Waals surface area contributed by atoms with Crippen molar-refractivity contribution in [2.75, 3.05) is 20.3 Å². The number of likely N-dealkylation sites (tertiary alicyclic amines) is 1. The molecular formula is C13H21N3O2. The molecule has 100 valence electrons. The highest BCUT2D eigenvalue weighted by Crippen LogP contribution is 2.21. The molecule has 5 heteroatoms. The molecule has 1 aliphatic rings. The van der Waals surface area contributed by atoms with Crippen LogP contribution < -0.4 is 0 Å². The first-order valence-corrected chi connectivity index (χ1v) is 6.47. The molecule has 18 heavy (non-hydrogen) atoms. The zero-order chi connectivity index (χ0) is 13.0. The van der Waals surface area contributed by atoms with E-state index in [2.05, 4.69) is 4.98 Å². The van der Waals surface area contributed by atoms with Gasteiger partial charge in [-0.2, -0.15) is 0 Å². The zero-order valence-corrected chi connectivity index (χ0v) is 11.1. The molecule has 1 amide bonds. The molecule has 1 atom stereocenters. The summed E-state index contributed by atoms with van der Waals surface area (Å²) in [6.07, 6.45) is 7.25. The fourth-order valence-electron chi connectivity index (χ4n) is 2.51. The van der Waals surface area contributed by atoms with Crippen LogP contribution in [0, 0.1) is 0 Å². The van der Waals surface area contributed by atoms with Crippen molar-refractivity contribution in [3.8, 4) is 0 Å². The van der Waals surface area contributed by atoms with Crippen molar-refractivity contribution < 1.29 is 9.53 Å². The van der Waals surface area contributed by atoms with Crippen LogP contribution in [0.4, 0.5) is 0 Å². The summed E-state index contributed by atoms with van der Waals surface area (Å²) in [5, 5.41) is 0. The molecule has 0 bridgehead atoms. The van der Waals surface area contributed by atoms with Gasteiger partial charge in [0.1, 0.15) is 5.82 Å². The lowest BCUT2D eigenvalue weighted by atomic mass is 10.1. The smallest absolute Gasteiger partial charge is 0.225 e. The molecule has 0 aromatic carbocycles. The number of methoxy groups -OCH3 is 1. The van der Waals surface area contributed by atoms with E-state index >= 15 is 0 Å². The number of carbonyl (C=O) groups is 1. The van der Waals surface area contributed by atoms with Crippen LogP contribution in [0.3, 0.4) is 0 Å². The molecule has 2 heterocycles. The van der Waals surface area contributed by atoms with Gasteiger partial charge in [0, 0.05) is 45.6 Å². The van der Waals surface area contributed by atoms with Crippen LogP contribution in [-0.4, -0.2) is 46.7 Å². The van der Waals surface area contributed by atoms with E-state index in [0.29, 0.717) is 19.1 Å². The average Bonchev–Trinajstić information content (AvgIpc) is 2.97. The first kappa shape index (κ1) is 13.1. The van der Waals surface area contributed by atoms with Gasteiger partial charge >= 0.3 is 0 Å². The van der Waals surface area contributed by atoms with Crippen LogP contribution in [0.5, 0.6) is 0 Å². The van der Waals surface area contributed by atoms with E-state index in [9.17, 15) is 4.79 Å². The highest BCUT2D eigenvalue weighted by molar-refractivity contribution is 5.76. The van der Waals surface area contributed by atoms with Crippen molar-refractivity contribution in [2.24, 2.45) is 7.05 Å². The average molecular weight is 251 g/mol. The summed E-state index contributed by atoms with van der Waals surface area (Å²) in [4.78, 5) is 18.4. The fraction of sp³-hybridized carbons (Fsp3) is 0.692. The summed E-state index contributed by atoms with van der Waals surface area (Å²) in [6.45, 7) is 1.38. The van der Waals surface area contributed by atoms with E-state index in [0.717, 1.165) is 31.6 Å². The van der Waals surface area contributed by atoms with Gasteiger partial charge in [-0.25, -0.2) is 4.98 Å². The summed E-state index contributed by atoms with van der Waals surface area (Å²) < 4.78 is 6.99. The van der Waals surface area contributed by atoms with E-state index in [1.54, 1.807) is 13.3 Å². The maximum atomic E-state index is 12.0. The fourth-order valence-corrected chi connectivity index (χ4v) is 2.51. The van der Waals surface area contributed by atoms with Crippen molar-refractivity contribution in [1.29, 1.82) is 0 Å². The lowest BCUT2D eigenvalue weighted by Crippen LogP contribution is -2.37. The highest BCUT2D eigenvalue weighted by atomic mass is 16.5. The Labute approximate surface area is 108 Å². The lowest BCUT2D eigenvalue weighted by Gasteiger charge is -2.24. The van der Waals surface area contributed by atoms with Gasteiger partial charge in [0.05, 0.1) is 13.0 Å². The van der Waals surface area contributed by atoms with Gasteiger partial charge in [0.15, 0.2) is 0 Å². The normalized spacial score (nSPS) is 19.4. The van der Waals surface area contributed by atoms with Gasteiger partial charge in [-0.1, -0.05) is 0 Å². The third-order valence-corrected chi connectivity index (χ3v) is 3.56. The summed E-state index contributed by atoms with van der Waals surface area (Å²) in [6, 6.07) is 0.301. The topological polar surface area (TPSA) is 47.4 Å². The minimum atomic E-state index is 0.202. The lowest BCUT2D eigenvalue weighted by molar-refractivity contribution is -0.132. The molecule has 1 aliphatic heterocycles. The number of hydrogen-bond donors (Lipinski definition) is 0. The first-order chi connectivity index (χ1) is 8.72. The third-order valence-electron chi connectivity index (χ3n) is 3.56. The number of hydrogen-bond acceptors (Lipinski definition) is 3. The maximum Gasteiger partial charge on any atom is 0.225 e. The molecule has 1 aromatic rings. The molecule has 1 saturated heterocycles. The van der Waals surface area contributed by atoms with Crippen LogP contribution in [0.15, 0.2) is 12.4 Å². The molecule has 1 fully saturated rings. The molecule has 0 aliphatic carbocycles. The summed E-state index contributed by atoms with van der Waals surface area (Å²) in [7, 11) is 3.62. The number of rotatable bonds is 5. The summed E-state index contributed by atoms with van der Waals surface area (Å²) in [5.41, 5.74) is 0. The van der Waals surface area contributed by atoms with Crippen molar-refractivity contribution in [2.45, 2.75) is 31.7 Å². The second kappa shape index (κ2) is 6.00. The Morgan fingerprint density at radius 3 is 3.11 bits per heavy atom. The van der Waals surface area contributed by atoms with Gasteiger partial charge in [-0.05, 0) is 12.8 Å². The molecule has 0 N–H and O–H groups in total. The minimum Gasteiger partial charge on any atom is -0.384 e. The molecule has 0 spiro atoms. The molecule has 0 radical (unpaired) electrons. The molecule has 0 saturated carbocycles. The predicted octanol–water partition coefficient (Wildman–Crippen LogP) is 0.990. The van der Waals surface area contributed by atoms with Crippen molar-refractivity contribution >= 4 is 5.91 Å². The molecule has 1 unspecified atom stereocenters. The second-order valence-electron chi connectivity index (χ2n) is 4.78. The van der Waals surface area contributed by atoms with Gasteiger partial charge < -0.3 is 14.2 Å². The first-order valence-electron chi connectivity index (χ1n) is 6.47. The van der Waals surface area contributed by atoms with Crippen LogP contribution >= 0.6 is 0 Å². The number of carbonyl (C=O) groups excluding carboxylic acids is 1. The van der Waals surface area contributed by atoms with Crippen LogP contribution in [-0.2, 0) is 23.0 Å². The molecule has 1 aromatic heterocycles.